The first kappa shape index (κ1) is 19.2. The van der Waals surface area contributed by atoms with Gasteiger partial charge in [-0.2, -0.15) is 5.06 Å². The molecule has 0 bridgehead atoms. The summed E-state index contributed by atoms with van der Waals surface area (Å²) in [5, 5.41) is 2.56. The lowest BCUT2D eigenvalue weighted by Gasteiger charge is -2.29. The number of carbonyl (C=O) groups is 1. The van der Waals surface area contributed by atoms with Crippen molar-refractivity contribution in [1.29, 1.82) is 0 Å². The second-order valence-electron chi connectivity index (χ2n) is 7.52. The van der Waals surface area contributed by atoms with Crippen molar-refractivity contribution in [2.45, 2.75) is 62.5 Å². The van der Waals surface area contributed by atoms with Crippen LogP contribution in [-0.4, -0.2) is 41.0 Å². The van der Waals surface area contributed by atoms with Gasteiger partial charge in [0.1, 0.15) is 5.84 Å². The highest BCUT2D eigenvalue weighted by molar-refractivity contribution is 8.77. The summed E-state index contributed by atoms with van der Waals surface area (Å²) < 4.78 is 0. The molecule has 0 radical (unpaired) electrons. The SMILES string of the molecule is O=C(CCCC[C@@H]1CCSS1)ON1CCN=C1[C@@H]1CCCc2ccccc21. The van der Waals surface area contributed by atoms with Gasteiger partial charge in [-0.05, 0) is 49.7 Å². The van der Waals surface area contributed by atoms with E-state index in [0.29, 0.717) is 13.0 Å². The first-order valence-corrected chi connectivity index (χ1v) is 12.6. The second-order valence-corrected chi connectivity index (χ2v) is 10.3. The Hall–Kier alpha value is -1.14. The summed E-state index contributed by atoms with van der Waals surface area (Å²) in [5.74, 6) is 2.39. The number of unbranched alkanes of at least 4 members (excludes halogenated alkanes) is 1. The highest BCUT2D eigenvalue weighted by Gasteiger charge is 2.32. The molecule has 0 spiro atoms. The molecule has 1 aromatic rings. The van der Waals surface area contributed by atoms with Crippen LogP contribution in [0.1, 0.15) is 62.0 Å². The number of fused-ring (bicyclic) bond motifs is 1. The van der Waals surface area contributed by atoms with Crippen molar-refractivity contribution < 1.29 is 9.63 Å². The van der Waals surface area contributed by atoms with Crippen LogP contribution in [-0.2, 0) is 16.1 Å². The third-order valence-corrected chi connectivity index (χ3v) is 8.62. The summed E-state index contributed by atoms with van der Waals surface area (Å²) in [6.07, 6.45) is 8.47. The van der Waals surface area contributed by atoms with Crippen LogP contribution >= 0.6 is 21.6 Å². The van der Waals surface area contributed by atoms with Gasteiger partial charge in [-0.1, -0.05) is 52.3 Å². The standard InChI is InChI=1S/C21H28N2O2S2/c24-20(11-4-2-8-17-12-15-26-27-17)25-23-14-13-22-21(23)19-10-5-7-16-6-1-3-9-18(16)19/h1,3,6,9,17,19H,2,4-5,7-8,10-15H2/t17-,19-/m1/s1. The van der Waals surface area contributed by atoms with Crippen LogP contribution in [0.3, 0.4) is 0 Å². The molecular formula is C21H28N2O2S2. The van der Waals surface area contributed by atoms with Crippen LogP contribution in [0.25, 0.3) is 0 Å². The average Bonchev–Trinajstić information content (AvgIpc) is 3.37. The van der Waals surface area contributed by atoms with Crippen molar-refractivity contribution in [3.63, 3.8) is 0 Å². The van der Waals surface area contributed by atoms with Gasteiger partial charge in [0.2, 0.25) is 0 Å². The highest BCUT2D eigenvalue weighted by atomic mass is 33.1. The fraction of sp³-hybridized carbons (Fsp3) is 0.619. The van der Waals surface area contributed by atoms with E-state index in [9.17, 15) is 4.79 Å². The van der Waals surface area contributed by atoms with E-state index in [-0.39, 0.29) is 11.9 Å². The number of hydrogen-bond donors (Lipinski definition) is 0. The zero-order chi connectivity index (χ0) is 18.5. The normalized spacial score (nSPS) is 24.6. The number of carbonyl (C=O) groups excluding carboxylic acids is 1. The van der Waals surface area contributed by atoms with E-state index in [1.54, 1.807) is 5.06 Å². The van der Waals surface area contributed by atoms with Crippen LogP contribution in [0.2, 0.25) is 0 Å². The lowest BCUT2D eigenvalue weighted by atomic mass is 9.82. The van der Waals surface area contributed by atoms with E-state index in [4.69, 9.17) is 9.83 Å². The van der Waals surface area contributed by atoms with Crippen molar-refractivity contribution in [1.82, 2.24) is 5.06 Å². The zero-order valence-electron chi connectivity index (χ0n) is 15.8. The predicted octanol–water partition coefficient (Wildman–Crippen LogP) is 4.99. The molecular weight excluding hydrogens is 376 g/mol. The Labute approximate surface area is 169 Å². The molecule has 27 heavy (non-hydrogen) atoms. The molecule has 3 aliphatic rings. The van der Waals surface area contributed by atoms with Gasteiger partial charge in [-0.25, -0.2) is 4.79 Å². The summed E-state index contributed by atoms with van der Waals surface area (Å²) in [5.41, 5.74) is 2.77. The van der Waals surface area contributed by atoms with E-state index in [1.165, 1.54) is 36.1 Å². The van der Waals surface area contributed by atoms with Crippen molar-refractivity contribution in [3.8, 4) is 0 Å². The third kappa shape index (κ3) is 4.83. The van der Waals surface area contributed by atoms with Crippen LogP contribution in [0.15, 0.2) is 29.3 Å². The molecule has 2 heterocycles. The van der Waals surface area contributed by atoms with Gasteiger partial charge < -0.3 is 4.84 Å². The molecule has 0 aromatic heterocycles. The lowest BCUT2D eigenvalue weighted by Crippen LogP contribution is -2.35. The van der Waals surface area contributed by atoms with Gasteiger partial charge in [-0.3, -0.25) is 4.99 Å². The monoisotopic (exact) mass is 404 g/mol. The molecule has 4 rings (SSSR count). The topological polar surface area (TPSA) is 41.9 Å². The summed E-state index contributed by atoms with van der Waals surface area (Å²) in [7, 11) is 4.00. The minimum absolute atomic E-state index is 0.109. The lowest BCUT2D eigenvalue weighted by molar-refractivity contribution is -0.171. The number of amidine groups is 1. The van der Waals surface area contributed by atoms with E-state index < -0.39 is 0 Å². The minimum Gasteiger partial charge on any atom is -0.340 e. The molecule has 2 aliphatic heterocycles. The number of rotatable bonds is 7. The molecule has 0 N–H and O–H groups in total. The Balaban J connectivity index is 1.28. The molecule has 1 aromatic carbocycles. The Bertz CT molecular complexity index is 689. The van der Waals surface area contributed by atoms with Crippen molar-refractivity contribution in [3.05, 3.63) is 35.4 Å². The highest BCUT2D eigenvalue weighted by Crippen LogP contribution is 2.40. The second kappa shape index (κ2) is 9.37. The molecule has 0 unspecified atom stereocenters. The fourth-order valence-corrected chi connectivity index (χ4v) is 7.25. The Kier molecular flexibility index (Phi) is 6.66. The van der Waals surface area contributed by atoms with E-state index in [0.717, 1.165) is 43.3 Å². The van der Waals surface area contributed by atoms with Crippen molar-refractivity contribution >= 4 is 33.4 Å². The van der Waals surface area contributed by atoms with Crippen LogP contribution < -0.4 is 0 Å². The van der Waals surface area contributed by atoms with E-state index in [1.807, 2.05) is 21.6 Å². The van der Waals surface area contributed by atoms with Gasteiger partial charge in [0.05, 0.1) is 13.1 Å². The summed E-state index contributed by atoms with van der Waals surface area (Å²) >= 11 is 0. The maximum atomic E-state index is 12.3. The first-order chi connectivity index (χ1) is 13.3. The molecule has 1 fully saturated rings. The van der Waals surface area contributed by atoms with Crippen LogP contribution in [0.4, 0.5) is 0 Å². The molecule has 146 valence electrons. The quantitative estimate of drug-likeness (QED) is 0.473. The fourth-order valence-electron chi connectivity index (χ4n) is 4.22. The van der Waals surface area contributed by atoms with Crippen LogP contribution in [0, 0.1) is 0 Å². The van der Waals surface area contributed by atoms with Gasteiger partial charge in [0, 0.05) is 23.3 Å². The minimum atomic E-state index is -0.109. The van der Waals surface area contributed by atoms with E-state index >= 15 is 0 Å². The Morgan fingerprint density at radius 1 is 1.26 bits per heavy atom. The molecule has 1 saturated heterocycles. The number of aliphatic imine (C=N–C) groups is 1. The largest absolute Gasteiger partial charge is 0.340 e. The van der Waals surface area contributed by atoms with E-state index in [2.05, 4.69) is 24.3 Å². The Morgan fingerprint density at radius 2 is 2.19 bits per heavy atom. The summed E-state index contributed by atoms with van der Waals surface area (Å²) in [4.78, 5) is 22.8. The summed E-state index contributed by atoms with van der Waals surface area (Å²) in [6.45, 7) is 1.41. The van der Waals surface area contributed by atoms with Gasteiger partial charge >= 0.3 is 5.97 Å². The molecule has 0 amide bonds. The molecule has 4 nitrogen and oxygen atoms in total. The first-order valence-electron chi connectivity index (χ1n) is 10.2. The maximum absolute atomic E-state index is 12.3. The van der Waals surface area contributed by atoms with Gasteiger partial charge in [-0.15, -0.1) is 0 Å². The number of nitrogens with zero attached hydrogens (tertiary/aromatic N) is 2. The zero-order valence-corrected chi connectivity index (χ0v) is 17.4. The number of hydroxylamine groups is 2. The average molecular weight is 405 g/mol. The number of hydrogen-bond acceptors (Lipinski definition) is 6. The summed E-state index contributed by atoms with van der Waals surface area (Å²) in [6, 6.07) is 8.64. The maximum Gasteiger partial charge on any atom is 0.332 e. The molecule has 2 atom stereocenters. The predicted molar refractivity (Wildman–Crippen MR) is 114 cm³/mol. The van der Waals surface area contributed by atoms with Crippen molar-refractivity contribution in [2.75, 3.05) is 18.8 Å². The number of aryl methyl sites for hydroxylation is 1. The van der Waals surface area contributed by atoms with Crippen LogP contribution in [0.5, 0.6) is 0 Å². The van der Waals surface area contributed by atoms with Gasteiger partial charge in [0.15, 0.2) is 0 Å². The molecule has 1 aliphatic carbocycles. The third-order valence-electron chi connectivity index (χ3n) is 5.61. The Morgan fingerprint density at radius 3 is 3.07 bits per heavy atom. The molecule has 6 heteroatoms. The smallest absolute Gasteiger partial charge is 0.332 e. The molecule has 0 saturated carbocycles. The number of benzene rings is 1. The van der Waals surface area contributed by atoms with Crippen molar-refractivity contribution in [2.24, 2.45) is 4.99 Å². The van der Waals surface area contributed by atoms with Gasteiger partial charge in [0.25, 0.3) is 0 Å².